The van der Waals surface area contributed by atoms with Crippen LogP contribution in [0, 0.1) is 11.8 Å². The molecular weight excluding hydrogens is 674 g/mol. The van der Waals surface area contributed by atoms with Gasteiger partial charge in [0.05, 0.1) is 6.04 Å². The van der Waals surface area contributed by atoms with Gasteiger partial charge in [0.25, 0.3) is 5.78 Å². The highest BCUT2D eigenvalue weighted by molar-refractivity contribution is 6.40. The van der Waals surface area contributed by atoms with Gasteiger partial charge in [-0.3, -0.25) is 19.2 Å². The highest BCUT2D eigenvalue weighted by Crippen LogP contribution is 2.40. The molecule has 0 aliphatic carbocycles. The van der Waals surface area contributed by atoms with Crippen molar-refractivity contribution in [2.24, 2.45) is 11.8 Å². The number of carbonyl (C=O) groups excluding carboxylic acids is 6. The number of rotatable bonds is 16. The lowest BCUT2D eigenvalue weighted by atomic mass is 9.76. The van der Waals surface area contributed by atoms with Crippen molar-refractivity contribution in [3.8, 4) is 0 Å². The summed E-state index contributed by atoms with van der Waals surface area (Å²) in [5, 5.41) is 8.61. The molecule has 1 aliphatic heterocycles. The van der Waals surface area contributed by atoms with Crippen LogP contribution in [-0.2, 0) is 34.1 Å². The van der Waals surface area contributed by atoms with Crippen LogP contribution < -0.4 is 16.0 Å². The Labute approximate surface area is 302 Å². The molecule has 3 N–H and O–H groups in total. The number of benzene rings is 3. The van der Waals surface area contributed by atoms with Gasteiger partial charge in [-0.1, -0.05) is 112 Å². The number of esters is 1. The van der Waals surface area contributed by atoms with Crippen molar-refractivity contribution in [3.63, 3.8) is 0 Å². The fourth-order valence-corrected chi connectivity index (χ4v) is 6.18. The van der Waals surface area contributed by atoms with Crippen molar-refractivity contribution in [3.05, 3.63) is 107 Å². The average Bonchev–Trinajstić information content (AvgIpc) is 3.52. The quantitative estimate of drug-likeness (QED) is 0.0996. The summed E-state index contributed by atoms with van der Waals surface area (Å²) < 4.78 is 11.1. The van der Waals surface area contributed by atoms with Gasteiger partial charge in [0.1, 0.15) is 12.1 Å². The minimum absolute atomic E-state index is 0.0615. The molecular formula is C39H44ClN3O8. The number of hydrogen-bond donors (Lipinski definition) is 3. The monoisotopic (exact) mass is 717 g/mol. The molecule has 1 aliphatic rings. The Kier molecular flexibility index (Phi) is 13.5. The maximum absolute atomic E-state index is 13.8. The van der Waals surface area contributed by atoms with Crippen molar-refractivity contribution < 1.29 is 38.2 Å². The van der Waals surface area contributed by atoms with Gasteiger partial charge in [0.2, 0.25) is 11.8 Å². The van der Waals surface area contributed by atoms with E-state index in [1.54, 1.807) is 24.3 Å². The van der Waals surface area contributed by atoms with Crippen molar-refractivity contribution in [1.82, 2.24) is 16.0 Å². The Morgan fingerprint density at radius 2 is 1.57 bits per heavy atom. The van der Waals surface area contributed by atoms with Crippen molar-refractivity contribution in [2.45, 2.75) is 70.6 Å². The smallest absolute Gasteiger partial charge is 0.408 e. The molecule has 1 fully saturated rings. The van der Waals surface area contributed by atoms with Crippen LogP contribution in [0.2, 0.25) is 5.02 Å². The third-order valence-electron chi connectivity index (χ3n) is 8.82. The van der Waals surface area contributed by atoms with Crippen molar-refractivity contribution >= 4 is 47.0 Å². The first kappa shape index (κ1) is 38.8. The van der Waals surface area contributed by atoms with E-state index in [1.165, 1.54) is 12.1 Å². The molecule has 0 radical (unpaired) electrons. The van der Waals surface area contributed by atoms with Crippen LogP contribution in [0.5, 0.6) is 0 Å². The largest absolute Gasteiger partial charge is 0.452 e. The van der Waals surface area contributed by atoms with Crippen LogP contribution in [0.4, 0.5) is 4.79 Å². The third kappa shape index (κ3) is 10.7. The first-order chi connectivity index (χ1) is 24.3. The Hall–Kier alpha value is -5.03. The van der Waals surface area contributed by atoms with E-state index in [9.17, 15) is 28.8 Å². The van der Waals surface area contributed by atoms with Gasteiger partial charge in [-0.25, -0.2) is 9.59 Å². The number of ketones is 2. The van der Waals surface area contributed by atoms with E-state index in [0.29, 0.717) is 18.0 Å². The van der Waals surface area contributed by atoms with Crippen molar-refractivity contribution in [1.29, 1.82) is 0 Å². The third-order valence-corrected chi connectivity index (χ3v) is 9.06. The maximum Gasteiger partial charge on any atom is 0.408 e. The van der Waals surface area contributed by atoms with Gasteiger partial charge >= 0.3 is 12.1 Å². The Balaban J connectivity index is 1.51. The number of ether oxygens (including phenoxy) is 2. The predicted octanol–water partition coefficient (Wildman–Crippen LogP) is 5.51. The predicted molar refractivity (Wildman–Crippen MR) is 191 cm³/mol. The van der Waals surface area contributed by atoms with E-state index >= 15 is 0 Å². The molecule has 4 rings (SSSR count). The molecule has 3 amide bonds. The van der Waals surface area contributed by atoms with E-state index in [4.69, 9.17) is 21.1 Å². The molecule has 1 heterocycles. The number of Topliss-reactive ketones (excluding diaryl/α,β-unsaturated/α-hetero) is 2. The number of nitrogens with one attached hydrogen (secondary N) is 3. The lowest BCUT2D eigenvalue weighted by Crippen LogP contribution is -2.53. The number of carbonyl (C=O) groups is 6. The second-order valence-electron chi connectivity index (χ2n) is 13.6. The molecule has 11 nitrogen and oxygen atoms in total. The summed E-state index contributed by atoms with van der Waals surface area (Å²) >= 11 is 6.31. The molecule has 1 saturated heterocycles. The number of halogens is 1. The zero-order valence-electron chi connectivity index (χ0n) is 29.1. The lowest BCUT2D eigenvalue weighted by molar-refractivity contribution is -0.144. The van der Waals surface area contributed by atoms with E-state index in [2.05, 4.69) is 16.0 Å². The van der Waals surface area contributed by atoms with E-state index in [1.807, 2.05) is 76.2 Å². The minimum atomic E-state index is -1.25. The van der Waals surface area contributed by atoms with Gasteiger partial charge in [-0.05, 0) is 48.4 Å². The highest BCUT2D eigenvalue weighted by Gasteiger charge is 2.38. The normalized spacial score (nSPS) is 16.0. The first-order valence-electron chi connectivity index (χ1n) is 16.9. The van der Waals surface area contributed by atoms with Crippen LogP contribution >= 0.6 is 11.6 Å². The topological polar surface area (TPSA) is 157 Å². The van der Waals surface area contributed by atoms with Crippen molar-refractivity contribution in [2.75, 3.05) is 13.2 Å². The summed E-state index contributed by atoms with van der Waals surface area (Å²) in [6.45, 7) is 7.21. The summed E-state index contributed by atoms with van der Waals surface area (Å²) in [6, 6.07) is 21.9. The van der Waals surface area contributed by atoms with Crippen LogP contribution in [0.1, 0.15) is 74.5 Å². The highest BCUT2D eigenvalue weighted by atomic mass is 35.5. The summed E-state index contributed by atoms with van der Waals surface area (Å²) in [5.74, 6) is -4.46. The van der Waals surface area contributed by atoms with Crippen LogP contribution in [-0.4, -0.2) is 60.7 Å². The maximum atomic E-state index is 13.8. The summed E-state index contributed by atoms with van der Waals surface area (Å²) in [4.78, 5) is 78.2. The minimum Gasteiger partial charge on any atom is -0.452 e. The second-order valence-corrected chi connectivity index (χ2v) is 14.0. The molecule has 0 bridgehead atoms. The van der Waals surface area contributed by atoms with E-state index in [0.717, 1.165) is 11.1 Å². The first-order valence-corrected chi connectivity index (χ1v) is 17.3. The SMILES string of the molecule is CC(C)C[C@H](NC(=O)OC(c1ccccc1)C(C)(C)c1cccc(Cl)c1)C(=O)N[C@@H](C[C@@H]1CCNC1=O)C(=O)COC(=O)C(=O)c1ccccc1. The molecule has 3 aromatic rings. The Morgan fingerprint density at radius 1 is 0.902 bits per heavy atom. The molecule has 4 atom stereocenters. The fraction of sp³-hybridized carbons (Fsp3) is 0.385. The lowest BCUT2D eigenvalue weighted by Gasteiger charge is -2.35. The van der Waals surface area contributed by atoms with Crippen LogP contribution in [0.15, 0.2) is 84.9 Å². The summed E-state index contributed by atoms with van der Waals surface area (Å²) in [5.41, 5.74) is 0.903. The summed E-state index contributed by atoms with van der Waals surface area (Å²) in [7, 11) is 0. The van der Waals surface area contributed by atoms with Gasteiger partial charge < -0.3 is 25.4 Å². The molecule has 3 aromatic carbocycles. The molecule has 270 valence electrons. The zero-order chi connectivity index (χ0) is 37.1. The number of alkyl carbamates (subject to hydrolysis) is 1. The van der Waals surface area contributed by atoms with Crippen LogP contribution in [0.25, 0.3) is 0 Å². The van der Waals surface area contributed by atoms with Gasteiger partial charge in [0.15, 0.2) is 12.4 Å². The zero-order valence-corrected chi connectivity index (χ0v) is 29.9. The molecule has 0 saturated carbocycles. The molecule has 0 spiro atoms. The van der Waals surface area contributed by atoms with Gasteiger partial charge in [0, 0.05) is 28.5 Å². The molecule has 1 unspecified atom stereocenters. The second kappa shape index (κ2) is 17.8. The Bertz CT molecular complexity index is 1710. The summed E-state index contributed by atoms with van der Waals surface area (Å²) in [6.07, 6.45) is -1.08. The number of amides is 3. The van der Waals surface area contributed by atoms with Gasteiger partial charge in [-0.15, -0.1) is 0 Å². The van der Waals surface area contributed by atoms with E-state index < -0.39 is 65.7 Å². The van der Waals surface area contributed by atoms with Crippen LogP contribution in [0.3, 0.4) is 0 Å². The molecule has 12 heteroatoms. The molecule has 51 heavy (non-hydrogen) atoms. The van der Waals surface area contributed by atoms with E-state index in [-0.39, 0.29) is 30.2 Å². The fourth-order valence-electron chi connectivity index (χ4n) is 5.99. The average molecular weight is 718 g/mol. The standard InChI is InChI=1S/C39H44ClN3O8/c1-24(2)20-31(43-38(49)51-34(26-14-9-6-10-15-26)39(3,4)28-16-11-17-29(40)22-28)36(47)42-30(21-27-18-19-41-35(27)46)32(44)23-50-37(48)33(45)25-12-7-5-8-13-25/h5-17,22,24,27,30-31,34H,18-21,23H2,1-4H3,(H,41,46)(H,42,47)(H,43,49)/t27-,30-,31-,34?/m0/s1. The Morgan fingerprint density at radius 3 is 2.18 bits per heavy atom. The van der Waals surface area contributed by atoms with Gasteiger partial charge in [-0.2, -0.15) is 0 Å². The molecule has 0 aromatic heterocycles. The number of hydrogen-bond acceptors (Lipinski definition) is 8.